The van der Waals surface area contributed by atoms with Crippen molar-refractivity contribution in [3.63, 3.8) is 0 Å². The van der Waals surface area contributed by atoms with Crippen LogP contribution in [0.4, 0.5) is 0 Å². The van der Waals surface area contributed by atoms with Gasteiger partial charge in [-0.1, -0.05) is 37.6 Å². The van der Waals surface area contributed by atoms with Crippen molar-refractivity contribution in [3.8, 4) is 0 Å². The van der Waals surface area contributed by atoms with Crippen LogP contribution in [0.2, 0.25) is 5.02 Å². The molecular formula is C17H22ClNO. The molecular weight excluding hydrogens is 270 g/mol. The first-order valence-corrected chi connectivity index (χ1v) is 7.76. The van der Waals surface area contributed by atoms with Crippen molar-refractivity contribution in [1.82, 2.24) is 0 Å². The minimum atomic E-state index is 0.360. The molecule has 1 aromatic heterocycles. The van der Waals surface area contributed by atoms with E-state index in [1.165, 1.54) is 12.8 Å². The third-order valence-corrected chi connectivity index (χ3v) is 5.01. The lowest BCUT2D eigenvalue weighted by Gasteiger charge is -2.39. The summed E-state index contributed by atoms with van der Waals surface area (Å²) >= 11 is 6.22. The highest BCUT2D eigenvalue weighted by Gasteiger charge is 2.36. The van der Waals surface area contributed by atoms with E-state index in [4.69, 9.17) is 21.8 Å². The molecule has 2 unspecified atom stereocenters. The largest absolute Gasteiger partial charge is 0.459 e. The van der Waals surface area contributed by atoms with Crippen LogP contribution in [0.3, 0.4) is 0 Å². The molecule has 20 heavy (non-hydrogen) atoms. The van der Waals surface area contributed by atoms with Crippen molar-refractivity contribution in [2.45, 2.75) is 39.0 Å². The van der Waals surface area contributed by atoms with Crippen LogP contribution in [0, 0.1) is 11.3 Å². The number of furan rings is 1. The van der Waals surface area contributed by atoms with E-state index in [1.54, 1.807) is 0 Å². The molecule has 0 radical (unpaired) electrons. The van der Waals surface area contributed by atoms with Crippen LogP contribution < -0.4 is 5.73 Å². The lowest BCUT2D eigenvalue weighted by Crippen LogP contribution is -2.32. The van der Waals surface area contributed by atoms with Crippen LogP contribution >= 0.6 is 11.6 Å². The number of para-hydroxylation sites is 1. The molecule has 0 bridgehead atoms. The Morgan fingerprint density at radius 2 is 2.20 bits per heavy atom. The molecule has 1 heterocycles. The molecule has 2 atom stereocenters. The molecule has 0 saturated heterocycles. The van der Waals surface area contributed by atoms with E-state index in [2.05, 4.69) is 26.0 Å². The second-order valence-electron chi connectivity index (χ2n) is 6.82. The van der Waals surface area contributed by atoms with E-state index in [9.17, 15) is 0 Å². The first-order chi connectivity index (χ1) is 9.50. The minimum Gasteiger partial charge on any atom is -0.459 e. The van der Waals surface area contributed by atoms with Crippen molar-refractivity contribution in [2.75, 3.05) is 6.54 Å². The Balaban J connectivity index is 2.01. The molecule has 2 N–H and O–H groups in total. The normalized spacial score (nSPS) is 26.0. The van der Waals surface area contributed by atoms with Gasteiger partial charge in [0.15, 0.2) is 5.58 Å². The highest BCUT2D eigenvalue weighted by Crippen LogP contribution is 2.47. The molecule has 108 valence electrons. The summed E-state index contributed by atoms with van der Waals surface area (Å²) < 4.78 is 6.08. The third-order valence-electron chi connectivity index (χ3n) is 4.72. The number of halogens is 1. The summed E-state index contributed by atoms with van der Waals surface area (Å²) in [6.07, 6.45) is 3.55. The zero-order chi connectivity index (χ0) is 14.3. The molecule has 3 heteroatoms. The van der Waals surface area contributed by atoms with E-state index in [0.717, 1.165) is 29.7 Å². The van der Waals surface area contributed by atoms with Crippen molar-refractivity contribution in [3.05, 3.63) is 35.0 Å². The summed E-state index contributed by atoms with van der Waals surface area (Å²) in [5.41, 5.74) is 7.14. The van der Waals surface area contributed by atoms with Gasteiger partial charge in [0, 0.05) is 11.3 Å². The van der Waals surface area contributed by atoms with Crippen molar-refractivity contribution in [2.24, 2.45) is 17.1 Å². The topological polar surface area (TPSA) is 39.2 Å². The van der Waals surface area contributed by atoms with Crippen LogP contribution in [0.15, 0.2) is 28.7 Å². The second-order valence-corrected chi connectivity index (χ2v) is 7.22. The Labute approximate surface area is 125 Å². The second kappa shape index (κ2) is 5.09. The fourth-order valence-electron chi connectivity index (χ4n) is 3.49. The van der Waals surface area contributed by atoms with E-state index >= 15 is 0 Å². The number of hydrogen-bond acceptors (Lipinski definition) is 2. The van der Waals surface area contributed by atoms with E-state index in [-0.39, 0.29) is 0 Å². The first kappa shape index (κ1) is 14.0. The fraction of sp³-hybridized carbons (Fsp3) is 0.529. The molecule has 2 aromatic rings. The zero-order valence-corrected chi connectivity index (χ0v) is 12.9. The van der Waals surface area contributed by atoms with Crippen LogP contribution in [0.1, 0.15) is 44.8 Å². The van der Waals surface area contributed by atoms with Crippen LogP contribution in [0.5, 0.6) is 0 Å². The molecule has 0 spiro atoms. The predicted octanol–water partition coefficient (Wildman–Crippen LogP) is 4.95. The smallest absolute Gasteiger partial charge is 0.152 e. The Bertz CT molecular complexity index is 616. The lowest BCUT2D eigenvalue weighted by atomic mass is 9.66. The van der Waals surface area contributed by atoms with Gasteiger partial charge in [-0.2, -0.15) is 0 Å². The maximum absolute atomic E-state index is 6.22. The van der Waals surface area contributed by atoms with Gasteiger partial charge in [-0.3, -0.25) is 0 Å². The molecule has 0 amide bonds. The summed E-state index contributed by atoms with van der Waals surface area (Å²) in [4.78, 5) is 0. The van der Waals surface area contributed by atoms with Gasteiger partial charge < -0.3 is 10.2 Å². The Morgan fingerprint density at radius 3 is 2.90 bits per heavy atom. The van der Waals surface area contributed by atoms with Crippen LogP contribution in [0.25, 0.3) is 11.0 Å². The molecule has 1 saturated carbocycles. The zero-order valence-electron chi connectivity index (χ0n) is 12.2. The van der Waals surface area contributed by atoms with Gasteiger partial charge in [0.25, 0.3) is 0 Å². The summed E-state index contributed by atoms with van der Waals surface area (Å²) in [6, 6.07) is 8.05. The van der Waals surface area contributed by atoms with Gasteiger partial charge in [0.2, 0.25) is 0 Å². The molecule has 2 nitrogen and oxygen atoms in total. The summed E-state index contributed by atoms with van der Waals surface area (Å²) in [6.45, 7) is 5.40. The first-order valence-electron chi connectivity index (χ1n) is 7.38. The Morgan fingerprint density at radius 1 is 1.40 bits per heavy atom. The SMILES string of the molecule is CC1(C)CCC(CN)C(c2cc3cccc(Cl)c3o2)C1. The van der Waals surface area contributed by atoms with E-state index in [0.29, 0.717) is 22.3 Å². The van der Waals surface area contributed by atoms with Gasteiger partial charge in [0.1, 0.15) is 5.76 Å². The Kier molecular flexibility index (Phi) is 3.55. The quantitative estimate of drug-likeness (QED) is 0.850. The Hall–Kier alpha value is -0.990. The van der Waals surface area contributed by atoms with E-state index in [1.807, 2.05) is 12.1 Å². The highest BCUT2D eigenvalue weighted by molar-refractivity contribution is 6.34. The summed E-state index contributed by atoms with van der Waals surface area (Å²) in [5, 5.41) is 1.78. The van der Waals surface area contributed by atoms with Gasteiger partial charge in [-0.05, 0) is 49.3 Å². The van der Waals surface area contributed by atoms with Crippen molar-refractivity contribution in [1.29, 1.82) is 0 Å². The average Bonchev–Trinajstić information content (AvgIpc) is 2.83. The molecule has 0 aliphatic heterocycles. The third kappa shape index (κ3) is 2.47. The molecule has 1 aliphatic rings. The monoisotopic (exact) mass is 291 g/mol. The standard InChI is InChI=1S/C17H22ClNO/c1-17(2)7-6-12(10-19)13(9-17)15-8-11-4-3-5-14(18)16(11)20-15/h3-5,8,12-13H,6-7,9-10,19H2,1-2H3. The minimum absolute atomic E-state index is 0.360. The molecule has 3 rings (SSSR count). The van der Waals surface area contributed by atoms with Crippen molar-refractivity contribution < 1.29 is 4.42 Å². The molecule has 1 aliphatic carbocycles. The number of rotatable bonds is 2. The fourth-order valence-corrected chi connectivity index (χ4v) is 3.71. The van der Waals surface area contributed by atoms with Gasteiger partial charge in [-0.25, -0.2) is 0 Å². The number of fused-ring (bicyclic) bond motifs is 1. The predicted molar refractivity (Wildman–Crippen MR) is 84.1 cm³/mol. The van der Waals surface area contributed by atoms with Crippen LogP contribution in [-0.2, 0) is 0 Å². The van der Waals surface area contributed by atoms with Gasteiger partial charge in [-0.15, -0.1) is 0 Å². The molecule has 1 fully saturated rings. The number of nitrogens with two attached hydrogens (primary N) is 1. The van der Waals surface area contributed by atoms with Gasteiger partial charge in [0.05, 0.1) is 5.02 Å². The number of benzene rings is 1. The maximum Gasteiger partial charge on any atom is 0.152 e. The van der Waals surface area contributed by atoms with Crippen molar-refractivity contribution >= 4 is 22.6 Å². The summed E-state index contributed by atoms with van der Waals surface area (Å²) in [5.74, 6) is 1.98. The number of hydrogen-bond donors (Lipinski definition) is 1. The van der Waals surface area contributed by atoms with E-state index < -0.39 is 0 Å². The average molecular weight is 292 g/mol. The molecule has 1 aromatic carbocycles. The van der Waals surface area contributed by atoms with Gasteiger partial charge >= 0.3 is 0 Å². The van der Waals surface area contributed by atoms with Crippen LogP contribution in [-0.4, -0.2) is 6.54 Å². The maximum atomic E-state index is 6.22. The highest BCUT2D eigenvalue weighted by atomic mass is 35.5. The lowest BCUT2D eigenvalue weighted by molar-refractivity contribution is 0.153. The summed E-state index contributed by atoms with van der Waals surface area (Å²) in [7, 11) is 0.